The molecule has 15 aromatic carbocycles. The van der Waals surface area contributed by atoms with Crippen LogP contribution in [0.25, 0.3) is 132 Å². The maximum absolute atomic E-state index is 2.41. The van der Waals surface area contributed by atoms with Gasteiger partial charge in [0.05, 0.1) is 44.1 Å². The van der Waals surface area contributed by atoms with Crippen LogP contribution in [0.4, 0.5) is 34.1 Å². The molecule has 0 atom stereocenters. The largest absolute Gasteiger partial charge is 0.310 e. The van der Waals surface area contributed by atoms with Crippen LogP contribution in [0, 0.1) is 0 Å². The van der Waals surface area contributed by atoms with Crippen LogP contribution in [0.1, 0.15) is 0 Å². The molecule has 0 aliphatic carbocycles. The number of hydrogen-bond donors (Lipinski definition) is 0. The Morgan fingerprint density at radius 2 is 0.354 bits per heavy atom. The average molecular weight is 1230 g/mol. The van der Waals surface area contributed by atoms with Crippen molar-refractivity contribution in [2.24, 2.45) is 0 Å². The lowest BCUT2D eigenvalue weighted by Gasteiger charge is -2.26. The summed E-state index contributed by atoms with van der Waals surface area (Å²) in [6, 6.07) is 133. The van der Waals surface area contributed by atoms with Crippen LogP contribution in [0.15, 0.2) is 364 Å². The van der Waals surface area contributed by atoms with Gasteiger partial charge in [0.2, 0.25) is 0 Å². The van der Waals surface area contributed by atoms with Crippen molar-refractivity contribution in [3.63, 3.8) is 0 Å². The number of nitrogens with zero attached hydrogens (tertiary/aromatic N) is 6. The molecule has 0 aliphatic heterocycles. The molecule has 19 aromatic rings. The summed E-state index contributed by atoms with van der Waals surface area (Å²) in [5, 5.41) is 9.70. The molecular formula is C90H60N6. The summed E-state index contributed by atoms with van der Waals surface area (Å²) in [6.45, 7) is 0. The Labute approximate surface area is 555 Å². The summed E-state index contributed by atoms with van der Waals surface area (Å²) >= 11 is 0. The molecule has 4 aromatic heterocycles. The highest BCUT2D eigenvalue weighted by Gasteiger charge is 2.23. The standard InChI is InChI=1S/C90H60N6/c1-5-21-65(22-6-1)91(71-49-53-87-79(57-71)75-29-13-17-33-83(75)93(87)67-25-9-3-10-26-67)73-51-55-89-81(59-73)77-31-15-19-35-85(77)95(89)69-45-41-63(42-46-69)61-37-39-62(40-38-61)64-43-47-70(48-44-64)96-86-36-20-16-32-78(86)82-60-74(52-56-90(82)96)92(66-23-7-2-8-24-66)72-50-54-88-80(58-72)76-30-14-18-34-84(76)94(88)68-27-11-4-12-28-68/h1-60H. The molecule has 4 heterocycles. The minimum atomic E-state index is 1.09. The molecule has 6 heteroatoms. The first-order valence-corrected chi connectivity index (χ1v) is 32.9. The molecule has 0 fully saturated rings. The Bertz CT molecular complexity index is 5780. The Morgan fingerprint density at radius 3 is 0.625 bits per heavy atom. The first kappa shape index (κ1) is 54.8. The SMILES string of the molecule is c1ccc(N(c2ccc3c(c2)c2ccccc2n3-c2ccccc2)c2ccc3c(c2)c2ccccc2n3-c2ccc(-c3ccc(-c4ccc(-n5c6ccccc6c6cc(N(c7ccccc7)c7ccc8c(c7)c7ccccc7n8-c7ccccc7)ccc65)cc4)cc3)cc2)cc1. The molecule has 0 saturated carbocycles. The lowest BCUT2D eigenvalue weighted by molar-refractivity contribution is 1.18. The number of fused-ring (bicyclic) bond motifs is 12. The molecule has 0 unspecified atom stereocenters. The third-order valence-electron chi connectivity index (χ3n) is 19.5. The highest BCUT2D eigenvalue weighted by atomic mass is 15.2. The van der Waals surface area contributed by atoms with E-state index in [4.69, 9.17) is 0 Å². The molecule has 19 rings (SSSR count). The van der Waals surface area contributed by atoms with E-state index in [1.165, 1.54) is 98.4 Å². The van der Waals surface area contributed by atoms with Crippen LogP contribution in [-0.2, 0) is 0 Å². The van der Waals surface area contributed by atoms with E-state index in [-0.39, 0.29) is 0 Å². The van der Waals surface area contributed by atoms with Crippen molar-refractivity contribution in [2.45, 2.75) is 0 Å². The first-order valence-electron chi connectivity index (χ1n) is 32.9. The second kappa shape index (κ2) is 22.4. The summed E-state index contributed by atoms with van der Waals surface area (Å²) in [4.78, 5) is 4.79. The predicted molar refractivity (Wildman–Crippen MR) is 404 cm³/mol. The van der Waals surface area contributed by atoms with Crippen molar-refractivity contribution < 1.29 is 0 Å². The van der Waals surface area contributed by atoms with Crippen molar-refractivity contribution in [1.82, 2.24) is 18.3 Å². The summed E-state index contributed by atoms with van der Waals surface area (Å²) < 4.78 is 9.57. The first-order chi connectivity index (χ1) is 47.6. The molecule has 6 nitrogen and oxygen atoms in total. The number of rotatable bonds is 12. The van der Waals surface area contributed by atoms with Gasteiger partial charge in [-0.15, -0.1) is 0 Å². The molecule has 0 saturated heterocycles. The highest BCUT2D eigenvalue weighted by molar-refractivity contribution is 6.15. The number of anilines is 6. The van der Waals surface area contributed by atoms with E-state index >= 15 is 0 Å². The summed E-state index contributed by atoms with van der Waals surface area (Å²) in [7, 11) is 0. The van der Waals surface area contributed by atoms with Gasteiger partial charge in [0.1, 0.15) is 0 Å². The second-order valence-electron chi connectivity index (χ2n) is 24.9. The van der Waals surface area contributed by atoms with Crippen LogP contribution in [0.2, 0.25) is 0 Å². The monoisotopic (exact) mass is 1220 g/mol. The van der Waals surface area contributed by atoms with Crippen molar-refractivity contribution in [1.29, 1.82) is 0 Å². The zero-order valence-electron chi connectivity index (χ0n) is 52.3. The Hall–Kier alpha value is -12.9. The fraction of sp³-hybridized carbons (Fsp3) is 0. The van der Waals surface area contributed by atoms with Crippen molar-refractivity contribution in [2.75, 3.05) is 9.80 Å². The smallest absolute Gasteiger partial charge is 0.0542 e. The van der Waals surface area contributed by atoms with E-state index in [0.717, 1.165) is 67.9 Å². The van der Waals surface area contributed by atoms with Crippen LogP contribution in [0.5, 0.6) is 0 Å². The average Bonchev–Trinajstić information content (AvgIpc) is 1.59. The van der Waals surface area contributed by atoms with Crippen molar-refractivity contribution in [3.05, 3.63) is 364 Å². The minimum absolute atomic E-state index is 1.09. The maximum Gasteiger partial charge on any atom is 0.0542 e. The zero-order valence-corrected chi connectivity index (χ0v) is 52.3. The van der Waals surface area contributed by atoms with E-state index in [1.54, 1.807) is 0 Å². The van der Waals surface area contributed by atoms with Gasteiger partial charge in [-0.2, -0.15) is 0 Å². The van der Waals surface area contributed by atoms with Crippen LogP contribution in [0.3, 0.4) is 0 Å². The molecule has 0 amide bonds. The van der Waals surface area contributed by atoms with Gasteiger partial charge in [-0.3, -0.25) is 0 Å². The molecule has 450 valence electrons. The zero-order chi connectivity index (χ0) is 63.2. The number of benzene rings is 15. The third-order valence-corrected chi connectivity index (χ3v) is 19.5. The number of aromatic nitrogens is 4. The topological polar surface area (TPSA) is 26.2 Å². The third kappa shape index (κ3) is 8.95. The van der Waals surface area contributed by atoms with Gasteiger partial charge < -0.3 is 28.1 Å². The van der Waals surface area contributed by atoms with E-state index in [2.05, 4.69) is 392 Å². The summed E-state index contributed by atoms with van der Waals surface area (Å²) in [6.07, 6.45) is 0. The van der Waals surface area contributed by atoms with Crippen LogP contribution in [-0.4, -0.2) is 18.3 Å². The summed E-state index contributed by atoms with van der Waals surface area (Å²) in [5.41, 5.74) is 25.2. The minimum Gasteiger partial charge on any atom is -0.310 e. The fourth-order valence-electron chi connectivity index (χ4n) is 15.2. The van der Waals surface area contributed by atoms with Gasteiger partial charge >= 0.3 is 0 Å². The fourth-order valence-corrected chi connectivity index (χ4v) is 15.2. The molecule has 96 heavy (non-hydrogen) atoms. The van der Waals surface area contributed by atoms with E-state index in [9.17, 15) is 0 Å². The van der Waals surface area contributed by atoms with Gasteiger partial charge in [-0.25, -0.2) is 0 Å². The maximum atomic E-state index is 2.41. The number of hydrogen-bond acceptors (Lipinski definition) is 2. The molecular weight excluding hydrogens is 1170 g/mol. The predicted octanol–water partition coefficient (Wildman–Crippen LogP) is 24.3. The molecule has 0 radical (unpaired) electrons. The van der Waals surface area contributed by atoms with E-state index in [0.29, 0.717) is 0 Å². The lowest BCUT2D eigenvalue weighted by Crippen LogP contribution is -2.09. The Kier molecular flexibility index (Phi) is 12.8. The van der Waals surface area contributed by atoms with Crippen LogP contribution >= 0.6 is 0 Å². The van der Waals surface area contributed by atoms with Crippen molar-refractivity contribution in [3.8, 4) is 45.0 Å². The lowest BCUT2D eigenvalue weighted by atomic mass is 10.00. The highest BCUT2D eigenvalue weighted by Crippen LogP contribution is 2.46. The second-order valence-corrected chi connectivity index (χ2v) is 24.9. The normalized spacial score (nSPS) is 11.8. The van der Waals surface area contributed by atoms with Gasteiger partial charge in [-0.05, 0) is 192 Å². The van der Waals surface area contributed by atoms with Gasteiger partial charge in [0, 0.05) is 100.0 Å². The van der Waals surface area contributed by atoms with Gasteiger partial charge in [0.25, 0.3) is 0 Å². The molecule has 0 aliphatic rings. The van der Waals surface area contributed by atoms with E-state index in [1.807, 2.05) is 0 Å². The molecule has 0 N–H and O–H groups in total. The molecule has 0 bridgehead atoms. The Balaban J connectivity index is 0.617. The van der Waals surface area contributed by atoms with Crippen molar-refractivity contribution >= 4 is 121 Å². The number of para-hydroxylation sites is 8. The molecule has 0 spiro atoms. The quantitative estimate of drug-likeness (QED) is 0.122. The Morgan fingerprint density at radius 1 is 0.146 bits per heavy atom. The van der Waals surface area contributed by atoms with Crippen LogP contribution < -0.4 is 9.80 Å². The van der Waals surface area contributed by atoms with Gasteiger partial charge in [0.15, 0.2) is 0 Å². The van der Waals surface area contributed by atoms with E-state index < -0.39 is 0 Å². The summed E-state index contributed by atoms with van der Waals surface area (Å²) in [5.74, 6) is 0. The van der Waals surface area contributed by atoms with Gasteiger partial charge in [-0.1, -0.05) is 194 Å².